The van der Waals surface area contributed by atoms with E-state index in [1.165, 1.54) is 0 Å². The SMILES string of the molecule is CNCCCn1cnc2c(C)cccc2c1=O. The molecular formula is C13H17N3O. The number of nitrogens with one attached hydrogen (secondary N) is 1. The predicted octanol–water partition coefficient (Wildman–Crippen LogP) is 1.31. The van der Waals surface area contributed by atoms with E-state index in [2.05, 4.69) is 10.3 Å². The maximum atomic E-state index is 12.2. The second-order valence-electron chi connectivity index (χ2n) is 4.17. The Morgan fingerprint density at radius 2 is 2.24 bits per heavy atom. The van der Waals surface area contributed by atoms with Crippen molar-refractivity contribution in [1.82, 2.24) is 14.9 Å². The Morgan fingerprint density at radius 3 is 3.00 bits per heavy atom. The van der Waals surface area contributed by atoms with Gasteiger partial charge in [-0.2, -0.15) is 0 Å². The molecule has 0 unspecified atom stereocenters. The van der Waals surface area contributed by atoms with Crippen LogP contribution in [0, 0.1) is 6.92 Å². The number of fused-ring (bicyclic) bond motifs is 1. The van der Waals surface area contributed by atoms with Crippen molar-refractivity contribution in [2.45, 2.75) is 19.9 Å². The Labute approximate surface area is 100 Å². The van der Waals surface area contributed by atoms with E-state index in [1.54, 1.807) is 10.9 Å². The lowest BCUT2D eigenvalue weighted by molar-refractivity contribution is 0.594. The van der Waals surface area contributed by atoms with Crippen LogP contribution in [-0.2, 0) is 6.54 Å². The molecule has 0 radical (unpaired) electrons. The molecule has 1 aromatic heterocycles. The van der Waals surface area contributed by atoms with Gasteiger partial charge in [0.05, 0.1) is 17.2 Å². The molecule has 0 fully saturated rings. The van der Waals surface area contributed by atoms with Gasteiger partial charge in [0.25, 0.3) is 5.56 Å². The first-order chi connectivity index (χ1) is 8.24. The van der Waals surface area contributed by atoms with Crippen LogP contribution in [0.1, 0.15) is 12.0 Å². The van der Waals surface area contributed by atoms with Crippen molar-refractivity contribution < 1.29 is 0 Å². The number of para-hydroxylation sites is 1. The van der Waals surface area contributed by atoms with E-state index < -0.39 is 0 Å². The van der Waals surface area contributed by atoms with Crippen LogP contribution < -0.4 is 10.9 Å². The summed E-state index contributed by atoms with van der Waals surface area (Å²) < 4.78 is 1.68. The van der Waals surface area contributed by atoms with Crippen LogP contribution in [0.3, 0.4) is 0 Å². The van der Waals surface area contributed by atoms with Gasteiger partial charge in [-0.15, -0.1) is 0 Å². The Hall–Kier alpha value is -1.68. The fraction of sp³-hybridized carbons (Fsp3) is 0.385. The summed E-state index contributed by atoms with van der Waals surface area (Å²) >= 11 is 0. The summed E-state index contributed by atoms with van der Waals surface area (Å²) in [4.78, 5) is 16.5. The van der Waals surface area contributed by atoms with Gasteiger partial charge >= 0.3 is 0 Å². The van der Waals surface area contributed by atoms with Crippen molar-refractivity contribution in [3.05, 3.63) is 40.4 Å². The quantitative estimate of drug-likeness (QED) is 0.807. The van der Waals surface area contributed by atoms with Crippen molar-refractivity contribution in [3.63, 3.8) is 0 Å². The monoisotopic (exact) mass is 231 g/mol. The third kappa shape index (κ3) is 2.36. The molecule has 90 valence electrons. The first-order valence-electron chi connectivity index (χ1n) is 5.83. The summed E-state index contributed by atoms with van der Waals surface area (Å²) in [5.41, 5.74) is 1.90. The number of aryl methyl sites for hydroxylation is 2. The molecule has 0 spiro atoms. The van der Waals surface area contributed by atoms with Gasteiger partial charge in [-0.3, -0.25) is 9.36 Å². The fourth-order valence-electron chi connectivity index (χ4n) is 1.92. The summed E-state index contributed by atoms with van der Waals surface area (Å²) in [6.07, 6.45) is 2.57. The zero-order valence-electron chi connectivity index (χ0n) is 10.2. The van der Waals surface area contributed by atoms with Crippen LogP contribution in [0.4, 0.5) is 0 Å². The number of benzene rings is 1. The molecule has 0 saturated carbocycles. The predicted molar refractivity (Wildman–Crippen MR) is 69.3 cm³/mol. The zero-order valence-corrected chi connectivity index (χ0v) is 10.2. The minimum absolute atomic E-state index is 0.0507. The molecule has 2 rings (SSSR count). The van der Waals surface area contributed by atoms with E-state index in [9.17, 15) is 4.79 Å². The second kappa shape index (κ2) is 5.10. The first-order valence-corrected chi connectivity index (χ1v) is 5.83. The summed E-state index contributed by atoms with van der Waals surface area (Å²) in [5, 5.41) is 3.77. The molecule has 0 bridgehead atoms. The van der Waals surface area contributed by atoms with Crippen molar-refractivity contribution in [2.75, 3.05) is 13.6 Å². The number of rotatable bonds is 4. The van der Waals surface area contributed by atoms with E-state index in [4.69, 9.17) is 0 Å². The van der Waals surface area contributed by atoms with Crippen molar-refractivity contribution in [2.24, 2.45) is 0 Å². The van der Waals surface area contributed by atoms with Gasteiger partial charge in [0, 0.05) is 6.54 Å². The molecule has 0 atom stereocenters. The van der Waals surface area contributed by atoms with Crippen LogP contribution in [-0.4, -0.2) is 23.1 Å². The number of nitrogens with zero attached hydrogens (tertiary/aromatic N) is 2. The Balaban J connectivity index is 2.41. The largest absolute Gasteiger partial charge is 0.320 e. The van der Waals surface area contributed by atoms with Gasteiger partial charge < -0.3 is 5.32 Å². The lowest BCUT2D eigenvalue weighted by atomic mass is 10.1. The smallest absolute Gasteiger partial charge is 0.261 e. The van der Waals surface area contributed by atoms with Gasteiger partial charge in [0.15, 0.2) is 0 Å². The third-order valence-corrected chi connectivity index (χ3v) is 2.88. The normalized spacial score (nSPS) is 10.9. The molecule has 17 heavy (non-hydrogen) atoms. The van der Waals surface area contributed by atoms with Gasteiger partial charge in [0.2, 0.25) is 0 Å². The summed E-state index contributed by atoms with van der Waals surface area (Å²) in [5.74, 6) is 0. The summed E-state index contributed by atoms with van der Waals surface area (Å²) in [6, 6.07) is 5.71. The lowest BCUT2D eigenvalue weighted by Gasteiger charge is -2.07. The van der Waals surface area contributed by atoms with Crippen molar-refractivity contribution >= 4 is 10.9 Å². The maximum absolute atomic E-state index is 12.2. The molecule has 0 amide bonds. The molecule has 0 saturated heterocycles. The third-order valence-electron chi connectivity index (χ3n) is 2.88. The topological polar surface area (TPSA) is 46.9 Å². The molecule has 4 heteroatoms. The van der Waals surface area contributed by atoms with E-state index in [0.29, 0.717) is 11.9 Å². The number of aromatic nitrogens is 2. The molecule has 1 heterocycles. The highest BCUT2D eigenvalue weighted by Crippen LogP contribution is 2.11. The second-order valence-corrected chi connectivity index (χ2v) is 4.17. The summed E-state index contributed by atoms with van der Waals surface area (Å²) in [6.45, 7) is 3.58. The Morgan fingerprint density at radius 1 is 1.41 bits per heavy atom. The molecular weight excluding hydrogens is 214 g/mol. The van der Waals surface area contributed by atoms with Crippen molar-refractivity contribution in [3.8, 4) is 0 Å². The lowest BCUT2D eigenvalue weighted by Crippen LogP contribution is -2.22. The van der Waals surface area contributed by atoms with Gasteiger partial charge in [-0.1, -0.05) is 12.1 Å². The molecule has 0 aliphatic rings. The summed E-state index contributed by atoms with van der Waals surface area (Å²) in [7, 11) is 1.91. The maximum Gasteiger partial charge on any atom is 0.261 e. The first kappa shape index (κ1) is 11.8. The van der Waals surface area contributed by atoms with Gasteiger partial charge in [-0.05, 0) is 38.6 Å². The number of hydrogen-bond donors (Lipinski definition) is 1. The minimum Gasteiger partial charge on any atom is -0.320 e. The molecule has 0 aliphatic heterocycles. The highest BCUT2D eigenvalue weighted by Gasteiger charge is 2.04. The minimum atomic E-state index is 0.0507. The Bertz CT molecular complexity index is 574. The van der Waals surface area contributed by atoms with E-state index in [-0.39, 0.29) is 5.56 Å². The van der Waals surface area contributed by atoms with Crippen molar-refractivity contribution in [1.29, 1.82) is 0 Å². The van der Waals surface area contributed by atoms with Gasteiger partial charge in [-0.25, -0.2) is 4.98 Å². The highest BCUT2D eigenvalue weighted by molar-refractivity contribution is 5.80. The molecule has 1 N–H and O–H groups in total. The molecule has 2 aromatic rings. The van der Waals surface area contributed by atoms with E-state index in [0.717, 1.165) is 24.0 Å². The van der Waals surface area contributed by atoms with Crippen LogP contribution >= 0.6 is 0 Å². The fourth-order valence-corrected chi connectivity index (χ4v) is 1.92. The Kier molecular flexibility index (Phi) is 3.54. The van der Waals surface area contributed by atoms with Crippen LogP contribution in [0.5, 0.6) is 0 Å². The van der Waals surface area contributed by atoms with Gasteiger partial charge in [0.1, 0.15) is 0 Å². The molecule has 0 aliphatic carbocycles. The number of hydrogen-bond acceptors (Lipinski definition) is 3. The van der Waals surface area contributed by atoms with Crippen LogP contribution in [0.15, 0.2) is 29.3 Å². The standard InChI is InChI=1S/C13H17N3O/c1-10-5-3-6-11-12(10)15-9-16(13(11)17)8-4-7-14-2/h3,5-6,9,14H,4,7-8H2,1-2H3. The highest BCUT2D eigenvalue weighted by atomic mass is 16.1. The van der Waals surface area contributed by atoms with E-state index >= 15 is 0 Å². The van der Waals surface area contributed by atoms with Crippen LogP contribution in [0.25, 0.3) is 10.9 Å². The van der Waals surface area contributed by atoms with E-state index in [1.807, 2.05) is 32.2 Å². The molecule has 4 nitrogen and oxygen atoms in total. The zero-order chi connectivity index (χ0) is 12.3. The average molecular weight is 231 g/mol. The van der Waals surface area contributed by atoms with Crippen LogP contribution in [0.2, 0.25) is 0 Å². The average Bonchev–Trinajstić information content (AvgIpc) is 2.33. The molecule has 1 aromatic carbocycles.